The Hall–Kier alpha value is -1.44. The Morgan fingerprint density at radius 3 is 2.71 bits per heavy atom. The summed E-state index contributed by atoms with van der Waals surface area (Å²) in [5.41, 5.74) is 1.13. The molecule has 1 aliphatic rings. The number of nitrogens with zero attached hydrogens (tertiary/aromatic N) is 2. The van der Waals surface area contributed by atoms with Crippen LogP contribution in [-0.2, 0) is 10.0 Å². The molecule has 1 unspecified atom stereocenters. The van der Waals surface area contributed by atoms with Crippen molar-refractivity contribution in [2.24, 2.45) is 0 Å². The van der Waals surface area contributed by atoms with Crippen molar-refractivity contribution in [1.82, 2.24) is 9.29 Å². The minimum atomic E-state index is -3.46. The summed E-state index contributed by atoms with van der Waals surface area (Å²) in [6.45, 7) is 3.02. The molecular weight excluding hydrogens is 390 g/mol. The molecule has 2 aromatic rings. The van der Waals surface area contributed by atoms with Gasteiger partial charge < -0.3 is 5.32 Å². The van der Waals surface area contributed by atoms with E-state index in [-0.39, 0.29) is 6.04 Å². The summed E-state index contributed by atoms with van der Waals surface area (Å²) >= 11 is 3.34. The van der Waals surface area contributed by atoms with Gasteiger partial charge in [0.2, 0.25) is 10.0 Å². The molecule has 7 heteroatoms. The number of nitrogens with one attached hydrogen (secondary N) is 1. The second-order valence-corrected chi connectivity index (χ2v) is 8.87. The molecule has 128 valence electrons. The molecule has 5 nitrogen and oxygen atoms in total. The van der Waals surface area contributed by atoms with Crippen molar-refractivity contribution in [1.29, 1.82) is 0 Å². The Labute approximate surface area is 151 Å². The van der Waals surface area contributed by atoms with Crippen LogP contribution in [0.1, 0.15) is 18.4 Å². The molecule has 1 fully saturated rings. The van der Waals surface area contributed by atoms with Gasteiger partial charge in [0.1, 0.15) is 5.82 Å². The van der Waals surface area contributed by atoms with Crippen molar-refractivity contribution in [2.75, 3.05) is 18.4 Å². The van der Waals surface area contributed by atoms with Crippen LogP contribution in [0.25, 0.3) is 0 Å². The number of sulfonamides is 1. The van der Waals surface area contributed by atoms with Crippen LogP contribution in [0.2, 0.25) is 0 Å². The van der Waals surface area contributed by atoms with Crippen LogP contribution in [0.5, 0.6) is 0 Å². The lowest BCUT2D eigenvalue weighted by atomic mass is 10.1. The molecule has 1 aromatic carbocycles. The van der Waals surface area contributed by atoms with Gasteiger partial charge in [-0.3, -0.25) is 0 Å². The maximum absolute atomic E-state index is 12.8. The van der Waals surface area contributed by atoms with Gasteiger partial charge >= 0.3 is 0 Å². The molecular formula is C17H20BrN3O2S. The van der Waals surface area contributed by atoms with E-state index in [1.54, 1.807) is 34.8 Å². The molecule has 0 saturated carbocycles. The standard InChI is InChI=1S/C17H20BrN3O2S/c1-13-8-9-19-17(11-13)20-15-3-2-10-21(12-15)24(22,23)16-6-4-14(18)5-7-16/h4-9,11,15H,2-3,10,12H2,1H3,(H,19,20). The SMILES string of the molecule is Cc1ccnc(NC2CCCN(S(=O)(=O)c3ccc(Br)cc3)C2)c1. The lowest BCUT2D eigenvalue weighted by molar-refractivity contribution is 0.326. The highest BCUT2D eigenvalue weighted by Gasteiger charge is 2.30. The van der Waals surface area contributed by atoms with E-state index in [2.05, 4.69) is 26.2 Å². The van der Waals surface area contributed by atoms with Crippen LogP contribution in [0, 0.1) is 6.92 Å². The maximum atomic E-state index is 12.8. The topological polar surface area (TPSA) is 62.3 Å². The molecule has 0 bridgehead atoms. The predicted octanol–water partition coefficient (Wildman–Crippen LogP) is 3.42. The molecule has 24 heavy (non-hydrogen) atoms. The Bertz CT molecular complexity index is 809. The number of aryl methyl sites for hydroxylation is 1. The molecule has 1 N–H and O–H groups in total. The van der Waals surface area contributed by atoms with E-state index in [4.69, 9.17) is 0 Å². The summed E-state index contributed by atoms with van der Waals surface area (Å²) < 4.78 is 28.1. The third-order valence-corrected chi connectivity index (χ3v) is 6.51. The predicted molar refractivity (Wildman–Crippen MR) is 98.5 cm³/mol. The first kappa shape index (κ1) is 17.4. The zero-order valence-electron chi connectivity index (χ0n) is 13.4. The number of halogens is 1. The Morgan fingerprint density at radius 2 is 2.00 bits per heavy atom. The molecule has 0 radical (unpaired) electrons. The Kier molecular flexibility index (Phi) is 5.22. The monoisotopic (exact) mass is 409 g/mol. The van der Waals surface area contributed by atoms with E-state index in [1.807, 2.05) is 19.1 Å². The maximum Gasteiger partial charge on any atom is 0.243 e. The highest BCUT2D eigenvalue weighted by Crippen LogP contribution is 2.23. The third kappa shape index (κ3) is 3.96. The van der Waals surface area contributed by atoms with Gasteiger partial charge in [-0.05, 0) is 61.7 Å². The normalized spacial score (nSPS) is 19.2. The number of aromatic nitrogens is 1. The lowest BCUT2D eigenvalue weighted by Gasteiger charge is -2.32. The van der Waals surface area contributed by atoms with E-state index < -0.39 is 10.0 Å². The molecule has 1 atom stereocenters. The fourth-order valence-electron chi connectivity index (χ4n) is 2.86. The summed E-state index contributed by atoms with van der Waals surface area (Å²) in [6, 6.07) is 10.8. The van der Waals surface area contributed by atoms with Crippen LogP contribution in [0.3, 0.4) is 0 Å². The van der Waals surface area contributed by atoms with Gasteiger partial charge in [0.15, 0.2) is 0 Å². The van der Waals surface area contributed by atoms with Crippen LogP contribution in [0.4, 0.5) is 5.82 Å². The molecule has 1 aliphatic heterocycles. The van der Waals surface area contributed by atoms with E-state index in [0.29, 0.717) is 18.0 Å². The average Bonchev–Trinajstić information content (AvgIpc) is 2.55. The Morgan fingerprint density at radius 1 is 1.25 bits per heavy atom. The summed E-state index contributed by atoms with van der Waals surface area (Å²) in [5.74, 6) is 0.794. The molecule has 0 amide bonds. The van der Waals surface area contributed by atoms with Gasteiger partial charge in [0, 0.05) is 29.8 Å². The smallest absolute Gasteiger partial charge is 0.243 e. The van der Waals surface area contributed by atoms with Crippen LogP contribution >= 0.6 is 15.9 Å². The second-order valence-electron chi connectivity index (χ2n) is 6.02. The van der Waals surface area contributed by atoms with Gasteiger partial charge in [0.25, 0.3) is 0 Å². The van der Waals surface area contributed by atoms with Crippen molar-refractivity contribution in [2.45, 2.75) is 30.7 Å². The fourth-order valence-corrected chi connectivity index (χ4v) is 4.65. The lowest BCUT2D eigenvalue weighted by Crippen LogP contribution is -2.45. The van der Waals surface area contributed by atoms with Gasteiger partial charge in [-0.25, -0.2) is 13.4 Å². The number of hydrogen-bond donors (Lipinski definition) is 1. The van der Waals surface area contributed by atoms with E-state index in [9.17, 15) is 8.42 Å². The first-order valence-corrected chi connectivity index (χ1v) is 10.1. The van der Waals surface area contributed by atoms with Crippen LogP contribution < -0.4 is 5.32 Å². The zero-order chi connectivity index (χ0) is 17.2. The van der Waals surface area contributed by atoms with Gasteiger partial charge in [-0.1, -0.05) is 15.9 Å². The van der Waals surface area contributed by atoms with Crippen molar-refractivity contribution < 1.29 is 8.42 Å². The minimum absolute atomic E-state index is 0.0678. The van der Waals surface area contributed by atoms with Gasteiger partial charge in [0.05, 0.1) is 4.90 Å². The molecule has 0 spiro atoms. The van der Waals surface area contributed by atoms with Crippen LogP contribution in [-0.4, -0.2) is 36.8 Å². The summed E-state index contributed by atoms with van der Waals surface area (Å²) in [7, 11) is -3.46. The van der Waals surface area contributed by atoms with Gasteiger partial charge in [-0.2, -0.15) is 4.31 Å². The number of piperidine rings is 1. The van der Waals surface area contributed by atoms with E-state index >= 15 is 0 Å². The molecule has 1 saturated heterocycles. The number of rotatable bonds is 4. The highest BCUT2D eigenvalue weighted by atomic mass is 79.9. The first-order valence-electron chi connectivity index (χ1n) is 7.90. The third-order valence-electron chi connectivity index (χ3n) is 4.10. The number of pyridine rings is 1. The molecule has 1 aromatic heterocycles. The quantitative estimate of drug-likeness (QED) is 0.839. The van der Waals surface area contributed by atoms with E-state index in [1.165, 1.54) is 0 Å². The highest BCUT2D eigenvalue weighted by molar-refractivity contribution is 9.10. The zero-order valence-corrected chi connectivity index (χ0v) is 15.8. The van der Waals surface area contributed by atoms with Crippen molar-refractivity contribution in [3.05, 3.63) is 52.6 Å². The van der Waals surface area contributed by atoms with E-state index in [0.717, 1.165) is 28.7 Å². The number of anilines is 1. The average molecular weight is 410 g/mol. The van der Waals surface area contributed by atoms with Gasteiger partial charge in [-0.15, -0.1) is 0 Å². The summed E-state index contributed by atoms with van der Waals surface area (Å²) in [5, 5.41) is 3.36. The molecule has 3 rings (SSSR count). The molecule has 2 heterocycles. The van der Waals surface area contributed by atoms with Crippen molar-refractivity contribution in [3.8, 4) is 0 Å². The first-order chi connectivity index (χ1) is 11.4. The Balaban J connectivity index is 1.74. The minimum Gasteiger partial charge on any atom is -0.366 e. The summed E-state index contributed by atoms with van der Waals surface area (Å²) in [6.07, 6.45) is 3.53. The van der Waals surface area contributed by atoms with Crippen molar-refractivity contribution >= 4 is 31.8 Å². The second kappa shape index (κ2) is 7.21. The van der Waals surface area contributed by atoms with Crippen LogP contribution in [0.15, 0.2) is 52.0 Å². The number of hydrogen-bond acceptors (Lipinski definition) is 4. The summed E-state index contributed by atoms with van der Waals surface area (Å²) in [4.78, 5) is 4.64. The number of benzene rings is 1. The fraction of sp³-hybridized carbons (Fsp3) is 0.353. The van der Waals surface area contributed by atoms with Crippen molar-refractivity contribution in [3.63, 3.8) is 0 Å². The molecule has 0 aliphatic carbocycles. The largest absolute Gasteiger partial charge is 0.366 e.